The molecule has 0 saturated carbocycles. The molecule has 2 aromatic carbocycles. The van der Waals surface area contributed by atoms with Gasteiger partial charge >= 0.3 is 0 Å². The lowest BCUT2D eigenvalue weighted by Crippen LogP contribution is -2.05. The molecule has 120 valence electrons. The smallest absolute Gasteiger partial charge is 0.163 e. The van der Waals surface area contributed by atoms with Gasteiger partial charge in [-0.1, -0.05) is 0 Å². The molecule has 0 unspecified atom stereocenters. The van der Waals surface area contributed by atoms with Crippen molar-refractivity contribution in [3.63, 3.8) is 0 Å². The maximum absolute atomic E-state index is 8.85. The predicted octanol–water partition coefficient (Wildman–Crippen LogP) is 2.45. The first-order valence-corrected chi connectivity index (χ1v) is 7.31. The molecule has 1 heterocycles. The van der Waals surface area contributed by atoms with Crippen LogP contribution in [0, 0.1) is 0 Å². The van der Waals surface area contributed by atoms with Crippen molar-refractivity contribution < 1.29 is 14.6 Å². The summed E-state index contributed by atoms with van der Waals surface area (Å²) in [4.78, 5) is 4.43. The van der Waals surface area contributed by atoms with Gasteiger partial charge in [-0.3, -0.25) is 4.57 Å². The molecule has 0 aliphatic carbocycles. The average molecular weight is 313 g/mol. The number of anilines is 1. The van der Waals surface area contributed by atoms with Crippen LogP contribution in [0.25, 0.3) is 16.7 Å². The molecule has 3 rings (SSSR count). The van der Waals surface area contributed by atoms with Gasteiger partial charge in [-0.25, -0.2) is 4.98 Å². The van der Waals surface area contributed by atoms with Crippen molar-refractivity contribution in [2.24, 2.45) is 0 Å². The minimum atomic E-state index is 0.107. The summed E-state index contributed by atoms with van der Waals surface area (Å²) in [6.07, 6.45) is 1.78. The lowest BCUT2D eigenvalue weighted by atomic mass is 10.2. The van der Waals surface area contributed by atoms with Crippen molar-refractivity contribution in [1.82, 2.24) is 9.55 Å². The molecular formula is C17H19N3O3. The summed E-state index contributed by atoms with van der Waals surface area (Å²) in [7, 11) is 3.23. The number of nitrogens with one attached hydrogen (secondary N) is 1. The van der Waals surface area contributed by atoms with E-state index in [0.29, 0.717) is 18.0 Å². The third-order valence-corrected chi connectivity index (χ3v) is 3.64. The van der Waals surface area contributed by atoms with Crippen LogP contribution >= 0.6 is 0 Å². The highest BCUT2D eigenvalue weighted by molar-refractivity contribution is 5.81. The van der Waals surface area contributed by atoms with Crippen LogP contribution < -0.4 is 14.8 Å². The van der Waals surface area contributed by atoms with Crippen molar-refractivity contribution in [2.75, 3.05) is 32.7 Å². The summed E-state index contributed by atoms with van der Waals surface area (Å²) < 4.78 is 12.7. The molecular weight excluding hydrogens is 294 g/mol. The Hall–Kier alpha value is -2.73. The maximum atomic E-state index is 8.85. The number of hydrogen-bond acceptors (Lipinski definition) is 5. The Kier molecular flexibility index (Phi) is 4.34. The third kappa shape index (κ3) is 2.93. The molecule has 0 spiro atoms. The summed E-state index contributed by atoms with van der Waals surface area (Å²) in [6, 6.07) is 11.7. The first-order chi connectivity index (χ1) is 11.3. The highest BCUT2D eigenvalue weighted by Crippen LogP contribution is 2.32. The summed E-state index contributed by atoms with van der Waals surface area (Å²) >= 11 is 0. The van der Waals surface area contributed by atoms with Crippen LogP contribution in [-0.2, 0) is 0 Å². The number of benzene rings is 2. The number of rotatable bonds is 6. The lowest BCUT2D eigenvalue weighted by Gasteiger charge is -2.10. The largest absolute Gasteiger partial charge is 0.493 e. The fourth-order valence-corrected chi connectivity index (χ4v) is 2.48. The Bertz CT molecular complexity index is 797. The molecule has 6 heteroatoms. The zero-order valence-electron chi connectivity index (χ0n) is 13.1. The summed E-state index contributed by atoms with van der Waals surface area (Å²) in [6.45, 7) is 0.639. The van der Waals surface area contributed by atoms with Crippen LogP contribution in [-0.4, -0.2) is 42.0 Å². The number of methoxy groups -OCH3 is 2. The Morgan fingerprint density at radius 3 is 2.43 bits per heavy atom. The minimum absolute atomic E-state index is 0.107. The molecule has 0 radical (unpaired) electrons. The molecule has 3 aromatic rings. The monoisotopic (exact) mass is 313 g/mol. The van der Waals surface area contributed by atoms with Gasteiger partial charge in [-0.2, -0.15) is 0 Å². The van der Waals surface area contributed by atoms with Crippen LogP contribution in [0.2, 0.25) is 0 Å². The fraction of sp³-hybridized carbons (Fsp3) is 0.235. The van der Waals surface area contributed by atoms with Crippen LogP contribution in [0.3, 0.4) is 0 Å². The zero-order valence-corrected chi connectivity index (χ0v) is 13.1. The number of fused-ring (bicyclic) bond motifs is 1. The third-order valence-electron chi connectivity index (χ3n) is 3.64. The fourth-order valence-electron chi connectivity index (χ4n) is 2.48. The lowest BCUT2D eigenvalue weighted by molar-refractivity contribution is 0.311. The molecule has 0 fully saturated rings. The Morgan fingerprint density at radius 1 is 1.09 bits per heavy atom. The zero-order chi connectivity index (χ0) is 16.2. The Morgan fingerprint density at radius 2 is 1.78 bits per heavy atom. The van der Waals surface area contributed by atoms with E-state index in [1.807, 2.05) is 41.0 Å². The van der Waals surface area contributed by atoms with Crippen molar-refractivity contribution in [3.05, 3.63) is 42.7 Å². The number of ether oxygens (including phenoxy) is 2. The summed E-state index contributed by atoms with van der Waals surface area (Å²) in [5.41, 5.74) is 3.74. The SMILES string of the molecule is COc1cc2ncn(-c3ccc(NCCO)cc3)c2cc1OC. The molecule has 0 saturated heterocycles. The van der Waals surface area contributed by atoms with Crippen molar-refractivity contribution >= 4 is 16.7 Å². The molecule has 2 N–H and O–H groups in total. The molecule has 6 nitrogen and oxygen atoms in total. The first kappa shape index (κ1) is 15.2. The van der Waals surface area contributed by atoms with Crippen LogP contribution in [0.5, 0.6) is 11.5 Å². The van der Waals surface area contributed by atoms with Gasteiger partial charge in [0.15, 0.2) is 11.5 Å². The van der Waals surface area contributed by atoms with Gasteiger partial charge in [0.05, 0.1) is 31.9 Å². The number of nitrogens with zero attached hydrogens (tertiary/aromatic N) is 2. The molecule has 0 amide bonds. The number of imidazole rings is 1. The van der Waals surface area contributed by atoms with E-state index in [1.54, 1.807) is 20.5 Å². The van der Waals surface area contributed by atoms with E-state index in [0.717, 1.165) is 22.4 Å². The second kappa shape index (κ2) is 6.58. The van der Waals surface area contributed by atoms with Gasteiger partial charge in [-0.15, -0.1) is 0 Å². The molecule has 0 bridgehead atoms. The highest BCUT2D eigenvalue weighted by Gasteiger charge is 2.11. The Labute approximate surface area is 134 Å². The number of aliphatic hydroxyl groups is 1. The van der Waals surface area contributed by atoms with Crippen molar-refractivity contribution in [1.29, 1.82) is 0 Å². The van der Waals surface area contributed by atoms with Gasteiger partial charge in [0.2, 0.25) is 0 Å². The molecule has 23 heavy (non-hydrogen) atoms. The van der Waals surface area contributed by atoms with E-state index in [9.17, 15) is 0 Å². The highest BCUT2D eigenvalue weighted by atomic mass is 16.5. The summed E-state index contributed by atoms with van der Waals surface area (Å²) in [5.74, 6) is 1.33. The number of aliphatic hydroxyl groups excluding tert-OH is 1. The molecule has 1 aromatic heterocycles. The van der Waals surface area contributed by atoms with Crippen LogP contribution in [0.15, 0.2) is 42.7 Å². The maximum Gasteiger partial charge on any atom is 0.163 e. The average Bonchev–Trinajstić information content (AvgIpc) is 3.01. The second-order valence-corrected chi connectivity index (χ2v) is 5.01. The van der Waals surface area contributed by atoms with Gasteiger partial charge < -0.3 is 19.9 Å². The normalized spacial score (nSPS) is 10.7. The quantitative estimate of drug-likeness (QED) is 0.731. The van der Waals surface area contributed by atoms with Gasteiger partial charge in [0.1, 0.15) is 6.33 Å². The van der Waals surface area contributed by atoms with Gasteiger partial charge in [0.25, 0.3) is 0 Å². The van der Waals surface area contributed by atoms with Crippen molar-refractivity contribution in [2.45, 2.75) is 0 Å². The van der Waals surface area contributed by atoms with Crippen LogP contribution in [0.4, 0.5) is 5.69 Å². The molecule has 0 aliphatic heterocycles. The topological polar surface area (TPSA) is 68.5 Å². The standard InChI is InChI=1S/C17H19N3O3/c1-22-16-9-14-15(10-17(16)23-2)20(11-19-14)13-5-3-12(4-6-13)18-7-8-21/h3-6,9-11,18,21H,7-8H2,1-2H3. The predicted molar refractivity (Wildman–Crippen MR) is 89.7 cm³/mol. The van der Waals surface area contributed by atoms with E-state index in [1.165, 1.54) is 0 Å². The first-order valence-electron chi connectivity index (χ1n) is 7.31. The van der Waals surface area contributed by atoms with E-state index in [4.69, 9.17) is 14.6 Å². The van der Waals surface area contributed by atoms with Crippen molar-refractivity contribution in [3.8, 4) is 17.2 Å². The van der Waals surface area contributed by atoms with Gasteiger partial charge in [-0.05, 0) is 24.3 Å². The summed E-state index contributed by atoms with van der Waals surface area (Å²) in [5, 5.41) is 12.0. The van der Waals surface area contributed by atoms with Gasteiger partial charge in [0, 0.05) is 30.1 Å². The minimum Gasteiger partial charge on any atom is -0.493 e. The van der Waals surface area contributed by atoms with E-state index < -0.39 is 0 Å². The van der Waals surface area contributed by atoms with E-state index in [-0.39, 0.29) is 6.61 Å². The van der Waals surface area contributed by atoms with E-state index >= 15 is 0 Å². The molecule has 0 aliphatic rings. The Balaban J connectivity index is 1.99. The molecule has 0 atom stereocenters. The van der Waals surface area contributed by atoms with E-state index in [2.05, 4.69) is 10.3 Å². The number of hydrogen-bond donors (Lipinski definition) is 2. The number of aromatic nitrogens is 2. The van der Waals surface area contributed by atoms with Crippen LogP contribution in [0.1, 0.15) is 0 Å². The second-order valence-electron chi connectivity index (χ2n) is 5.01.